The molecule has 0 aliphatic carbocycles. The topological polar surface area (TPSA) is 65.6 Å². The van der Waals surface area contributed by atoms with Crippen LogP contribution in [0.2, 0.25) is 0 Å². The third-order valence-electron chi connectivity index (χ3n) is 4.98. The molecule has 0 aliphatic heterocycles. The first-order chi connectivity index (χ1) is 13.7. The number of aromatic nitrogens is 5. The van der Waals surface area contributed by atoms with Gasteiger partial charge in [-0.3, -0.25) is 14.3 Å². The maximum Gasteiger partial charge on any atom is 0.269 e. The molecule has 6 heteroatoms. The Balaban J connectivity index is 1.57. The lowest BCUT2D eigenvalue weighted by Gasteiger charge is -2.11. The lowest BCUT2D eigenvalue weighted by atomic mass is 10.0. The molecule has 28 heavy (non-hydrogen) atoms. The molecular weight excluding hydrogens is 350 g/mol. The van der Waals surface area contributed by atoms with E-state index in [0.29, 0.717) is 6.54 Å². The number of rotatable bonds is 3. The third kappa shape index (κ3) is 2.75. The van der Waals surface area contributed by atoms with E-state index in [2.05, 4.69) is 39.2 Å². The number of benzene rings is 2. The van der Waals surface area contributed by atoms with Crippen LogP contribution in [0.5, 0.6) is 0 Å². The summed E-state index contributed by atoms with van der Waals surface area (Å²) in [6.45, 7) is 0.464. The normalized spacial score (nSPS) is 11.3. The first-order valence-electron chi connectivity index (χ1n) is 8.99. The molecule has 0 spiro atoms. The van der Waals surface area contributed by atoms with Crippen molar-refractivity contribution in [2.45, 2.75) is 6.54 Å². The first-order valence-corrected chi connectivity index (χ1v) is 8.99. The Morgan fingerprint density at radius 1 is 0.893 bits per heavy atom. The quantitative estimate of drug-likeness (QED) is 0.490. The van der Waals surface area contributed by atoms with Crippen LogP contribution in [0.1, 0.15) is 5.56 Å². The summed E-state index contributed by atoms with van der Waals surface area (Å²) in [7, 11) is 1.99. The molecular formula is C22H17N5O. The number of pyridine rings is 1. The lowest BCUT2D eigenvalue weighted by molar-refractivity contribution is 0.785. The fourth-order valence-electron chi connectivity index (χ4n) is 3.51. The van der Waals surface area contributed by atoms with E-state index in [1.54, 1.807) is 17.0 Å². The minimum absolute atomic E-state index is 0.137. The largest absolute Gasteiger partial charge is 0.334 e. The molecule has 0 radical (unpaired) electrons. The summed E-state index contributed by atoms with van der Waals surface area (Å²) in [6.07, 6.45) is 6.55. The summed E-state index contributed by atoms with van der Waals surface area (Å²) in [6, 6.07) is 16.3. The summed E-state index contributed by atoms with van der Waals surface area (Å²) in [5.74, 6) is 0. The molecule has 6 nitrogen and oxygen atoms in total. The molecule has 3 heterocycles. The highest BCUT2D eigenvalue weighted by Crippen LogP contribution is 2.25. The van der Waals surface area contributed by atoms with Crippen LogP contribution in [0, 0.1) is 0 Å². The fraction of sp³-hybridized carbons (Fsp3) is 0.0909. The second-order valence-electron chi connectivity index (χ2n) is 6.81. The Morgan fingerprint density at radius 3 is 2.68 bits per heavy atom. The van der Waals surface area contributed by atoms with Crippen LogP contribution in [0.25, 0.3) is 33.2 Å². The zero-order chi connectivity index (χ0) is 19.1. The van der Waals surface area contributed by atoms with Gasteiger partial charge in [0.05, 0.1) is 47.3 Å². The van der Waals surface area contributed by atoms with E-state index in [1.165, 1.54) is 6.20 Å². The molecule has 5 rings (SSSR count). The van der Waals surface area contributed by atoms with Crippen molar-refractivity contribution in [2.24, 2.45) is 7.05 Å². The highest BCUT2D eigenvalue weighted by Gasteiger charge is 2.08. The van der Waals surface area contributed by atoms with Crippen LogP contribution in [-0.4, -0.2) is 24.1 Å². The molecule has 136 valence electrons. The third-order valence-corrected chi connectivity index (χ3v) is 4.98. The zero-order valence-electron chi connectivity index (χ0n) is 15.3. The van der Waals surface area contributed by atoms with Crippen molar-refractivity contribution in [1.29, 1.82) is 0 Å². The van der Waals surface area contributed by atoms with Gasteiger partial charge in [0.2, 0.25) is 0 Å². The average Bonchev–Trinajstić information content (AvgIpc) is 3.11. The van der Waals surface area contributed by atoms with Crippen molar-refractivity contribution < 1.29 is 0 Å². The molecule has 0 unspecified atom stereocenters. The number of nitrogens with zero attached hydrogens (tertiary/aromatic N) is 5. The maximum atomic E-state index is 12.4. The smallest absolute Gasteiger partial charge is 0.269 e. The van der Waals surface area contributed by atoms with E-state index in [-0.39, 0.29) is 5.56 Å². The fourth-order valence-corrected chi connectivity index (χ4v) is 3.51. The van der Waals surface area contributed by atoms with Crippen LogP contribution >= 0.6 is 0 Å². The number of hydrogen-bond acceptors (Lipinski definition) is 4. The van der Waals surface area contributed by atoms with E-state index in [9.17, 15) is 4.79 Å². The summed E-state index contributed by atoms with van der Waals surface area (Å²) in [4.78, 5) is 25.1. The highest BCUT2D eigenvalue weighted by atomic mass is 16.1. The molecule has 0 N–H and O–H groups in total. The number of imidazole rings is 1. The van der Waals surface area contributed by atoms with Crippen molar-refractivity contribution in [2.75, 3.05) is 0 Å². The van der Waals surface area contributed by atoms with E-state index in [1.807, 2.05) is 42.2 Å². The van der Waals surface area contributed by atoms with Gasteiger partial charge in [-0.1, -0.05) is 24.3 Å². The lowest BCUT2D eigenvalue weighted by Crippen LogP contribution is -2.21. The summed E-state index contributed by atoms with van der Waals surface area (Å²) >= 11 is 0. The summed E-state index contributed by atoms with van der Waals surface area (Å²) < 4.78 is 3.72. The van der Waals surface area contributed by atoms with Crippen molar-refractivity contribution in [3.05, 3.63) is 89.4 Å². The van der Waals surface area contributed by atoms with Crippen molar-refractivity contribution in [3.63, 3.8) is 0 Å². The van der Waals surface area contributed by atoms with E-state index in [4.69, 9.17) is 0 Å². The van der Waals surface area contributed by atoms with Gasteiger partial charge in [0.1, 0.15) is 0 Å². The van der Waals surface area contributed by atoms with E-state index < -0.39 is 0 Å². The van der Waals surface area contributed by atoms with Gasteiger partial charge in [-0.15, -0.1) is 0 Å². The summed E-state index contributed by atoms with van der Waals surface area (Å²) in [5, 5.41) is 0. The Kier molecular flexibility index (Phi) is 3.76. The highest BCUT2D eigenvalue weighted by molar-refractivity contribution is 5.82. The van der Waals surface area contributed by atoms with Gasteiger partial charge in [0.15, 0.2) is 0 Å². The van der Waals surface area contributed by atoms with Gasteiger partial charge in [-0.2, -0.15) is 0 Å². The molecule has 0 amide bonds. The van der Waals surface area contributed by atoms with Crippen LogP contribution in [0.3, 0.4) is 0 Å². The number of fused-ring (bicyclic) bond motifs is 2. The Morgan fingerprint density at radius 2 is 1.75 bits per heavy atom. The maximum absolute atomic E-state index is 12.4. The van der Waals surface area contributed by atoms with Crippen LogP contribution in [0.15, 0.2) is 78.2 Å². The van der Waals surface area contributed by atoms with Gasteiger partial charge < -0.3 is 4.57 Å². The standard InChI is InChI=1S/C22H17N5O/c1-26-14-25-18-6-5-17(10-20(18)26)16-4-2-3-15(9-16)13-27-21-11-23-8-7-19(21)24-12-22(27)28/h2-12,14H,13H2,1H3. The second kappa shape index (κ2) is 6.42. The Hall–Kier alpha value is -3.80. The SMILES string of the molecule is Cn1cnc2ccc(-c3cccc(Cn4c(=O)cnc5ccncc54)c3)cc21. The second-order valence-corrected chi connectivity index (χ2v) is 6.81. The Labute approximate surface area is 160 Å². The zero-order valence-corrected chi connectivity index (χ0v) is 15.3. The molecule has 5 aromatic rings. The molecule has 0 saturated heterocycles. The molecule has 3 aromatic heterocycles. The van der Waals surface area contributed by atoms with Gasteiger partial charge in [0.25, 0.3) is 5.56 Å². The molecule has 0 aliphatic rings. The average molecular weight is 367 g/mol. The molecule has 0 fully saturated rings. The van der Waals surface area contributed by atoms with Gasteiger partial charge >= 0.3 is 0 Å². The van der Waals surface area contributed by atoms with Crippen LogP contribution < -0.4 is 5.56 Å². The first kappa shape index (κ1) is 16.4. The van der Waals surface area contributed by atoms with Crippen molar-refractivity contribution in [1.82, 2.24) is 24.1 Å². The number of aryl methyl sites for hydroxylation is 1. The molecule has 2 aromatic carbocycles. The van der Waals surface area contributed by atoms with Crippen LogP contribution in [-0.2, 0) is 13.6 Å². The van der Waals surface area contributed by atoms with Crippen molar-refractivity contribution in [3.8, 4) is 11.1 Å². The minimum atomic E-state index is -0.137. The summed E-state index contributed by atoms with van der Waals surface area (Å²) in [5.41, 5.74) is 6.68. The predicted molar refractivity (Wildman–Crippen MR) is 109 cm³/mol. The van der Waals surface area contributed by atoms with Gasteiger partial charge in [-0.05, 0) is 41.0 Å². The monoisotopic (exact) mass is 367 g/mol. The predicted octanol–water partition coefficient (Wildman–Crippen LogP) is 3.39. The molecule has 0 saturated carbocycles. The van der Waals surface area contributed by atoms with E-state index >= 15 is 0 Å². The Bertz CT molecular complexity index is 1380. The minimum Gasteiger partial charge on any atom is -0.334 e. The molecule has 0 atom stereocenters. The van der Waals surface area contributed by atoms with E-state index in [0.717, 1.165) is 38.8 Å². The van der Waals surface area contributed by atoms with Crippen LogP contribution in [0.4, 0.5) is 0 Å². The number of hydrogen-bond donors (Lipinski definition) is 0. The molecule has 0 bridgehead atoms. The van der Waals surface area contributed by atoms with Crippen molar-refractivity contribution >= 4 is 22.1 Å². The van der Waals surface area contributed by atoms with Gasteiger partial charge in [0, 0.05) is 13.2 Å². The van der Waals surface area contributed by atoms with Gasteiger partial charge in [-0.25, -0.2) is 9.97 Å².